The Morgan fingerprint density at radius 3 is 2.80 bits per heavy atom. The fourth-order valence-corrected chi connectivity index (χ4v) is 1.18. The molecule has 15 heavy (non-hydrogen) atoms. The van der Waals surface area contributed by atoms with Crippen molar-refractivity contribution >= 4 is 11.9 Å². The van der Waals surface area contributed by atoms with Gasteiger partial charge in [0.2, 0.25) is 0 Å². The summed E-state index contributed by atoms with van der Waals surface area (Å²) in [7, 11) is 0. The van der Waals surface area contributed by atoms with E-state index in [0.717, 1.165) is 28.4 Å². The molecule has 1 aliphatic heterocycles. The van der Waals surface area contributed by atoms with Crippen LogP contribution >= 0.6 is 0 Å². The number of halogens is 2. The van der Waals surface area contributed by atoms with Crippen LogP contribution in [0.5, 0.6) is 0 Å². The molecule has 78 valence electrons. The predicted molar refractivity (Wildman–Crippen MR) is 52.5 cm³/mol. The highest BCUT2D eigenvalue weighted by atomic mass is 19.1. The summed E-state index contributed by atoms with van der Waals surface area (Å²) < 4.78 is 26.2. The highest BCUT2D eigenvalue weighted by Gasteiger charge is 2.16. The van der Waals surface area contributed by atoms with Crippen molar-refractivity contribution in [2.75, 3.05) is 5.12 Å². The van der Waals surface area contributed by atoms with Gasteiger partial charge >= 0.3 is 0 Å². The third-order valence-electron chi connectivity index (χ3n) is 1.84. The van der Waals surface area contributed by atoms with Crippen molar-refractivity contribution in [2.45, 2.75) is 0 Å². The van der Waals surface area contributed by atoms with Crippen molar-refractivity contribution in [3.05, 3.63) is 42.1 Å². The van der Waals surface area contributed by atoms with Crippen LogP contribution in [0, 0.1) is 11.6 Å². The van der Waals surface area contributed by atoms with Crippen molar-refractivity contribution in [3.8, 4) is 0 Å². The lowest BCUT2D eigenvalue weighted by molar-refractivity contribution is 0.354. The van der Waals surface area contributed by atoms with Crippen molar-refractivity contribution in [1.82, 2.24) is 5.12 Å². The van der Waals surface area contributed by atoms with Crippen LogP contribution in [-0.2, 0) is 0 Å². The van der Waals surface area contributed by atoms with E-state index < -0.39 is 11.6 Å². The summed E-state index contributed by atoms with van der Waals surface area (Å²) in [6.07, 6.45) is 4.47. The van der Waals surface area contributed by atoms with Crippen molar-refractivity contribution in [1.29, 1.82) is 0 Å². The van der Waals surface area contributed by atoms with Crippen LogP contribution in [0.3, 0.4) is 0 Å². The largest absolute Gasteiger partial charge is 0.227 e. The normalized spacial score (nSPS) is 14.9. The molecular weight excluding hydrogens is 202 g/mol. The first-order chi connectivity index (χ1) is 7.18. The number of nitrogens with zero attached hydrogens (tertiary/aromatic N) is 3. The molecule has 6 heteroatoms. The molecule has 1 aliphatic rings. The van der Waals surface area contributed by atoms with E-state index in [4.69, 9.17) is 5.84 Å². The Labute approximate surface area is 84.8 Å². The first-order valence-electron chi connectivity index (χ1n) is 4.18. The summed E-state index contributed by atoms with van der Waals surface area (Å²) in [5, 5.41) is 5.91. The number of benzene rings is 1. The van der Waals surface area contributed by atoms with Crippen molar-refractivity contribution in [2.24, 2.45) is 10.9 Å². The molecule has 0 saturated heterocycles. The van der Waals surface area contributed by atoms with Gasteiger partial charge in [0, 0.05) is 12.3 Å². The standard InChI is InChI=1S/C9H8F2N4/c10-7-2-3-8(11)9(6-7)15-13-4-1-5-14(15)12/h1-6H,12H2. The third kappa shape index (κ3) is 1.79. The second kappa shape index (κ2) is 3.66. The smallest absolute Gasteiger partial charge is 0.150 e. The zero-order valence-electron chi connectivity index (χ0n) is 7.64. The zero-order chi connectivity index (χ0) is 10.8. The van der Waals surface area contributed by atoms with Crippen molar-refractivity contribution < 1.29 is 8.78 Å². The summed E-state index contributed by atoms with van der Waals surface area (Å²) in [6.45, 7) is 0. The maximum absolute atomic E-state index is 13.3. The quantitative estimate of drug-likeness (QED) is 0.712. The van der Waals surface area contributed by atoms with Gasteiger partial charge in [-0.05, 0) is 18.2 Å². The van der Waals surface area contributed by atoms with E-state index in [1.807, 2.05) is 0 Å². The van der Waals surface area contributed by atoms with Gasteiger partial charge in [-0.1, -0.05) is 0 Å². The molecule has 1 aromatic rings. The lowest BCUT2D eigenvalue weighted by Crippen LogP contribution is -2.42. The maximum Gasteiger partial charge on any atom is 0.150 e. The first-order valence-corrected chi connectivity index (χ1v) is 4.18. The molecule has 1 heterocycles. The van der Waals surface area contributed by atoms with Gasteiger partial charge in [0.25, 0.3) is 0 Å². The van der Waals surface area contributed by atoms with Gasteiger partial charge in [0.1, 0.15) is 11.5 Å². The second-order valence-corrected chi connectivity index (χ2v) is 2.87. The Balaban J connectivity index is 2.40. The summed E-state index contributed by atoms with van der Waals surface area (Å²) in [5.74, 6) is 4.35. The Hall–Kier alpha value is -1.95. The van der Waals surface area contributed by atoms with Gasteiger partial charge in [0.05, 0.1) is 6.21 Å². The van der Waals surface area contributed by atoms with E-state index in [-0.39, 0.29) is 5.69 Å². The van der Waals surface area contributed by atoms with E-state index in [2.05, 4.69) is 5.10 Å². The van der Waals surface area contributed by atoms with Gasteiger partial charge in [-0.15, -0.1) is 0 Å². The van der Waals surface area contributed by atoms with E-state index in [9.17, 15) is 8.78 Å². The Morgan fingerprint density at radius 2 is 2.07 bits per heavy atom. The van der Waals surface area contributed by atoms with E-state index >= 15 is 0 Å². The number of allylic oxidation sites excluding steroid dienone is 1. The molecule has 0 unspecified atom stereocenters. The molecule has 2 N–H and O–H groups in total. The third-order valence-corrected chi connectivity index (χ3v) is 1.84. The van der Waals surface area contributed by atoms with Gasteiger partial charge in [-0.3, -0.25) is 0 Å². The number of hydrazone groups is 1. The van der Waals surface area contributed by atoms with Crippen LogP contribution in [0.1, 0.15) is 0 Å². The molecule has 0 bridgehead atoms. The minimum absolute atomic E-state index is 0.0434. The average Bonchev–Trinajstić information content (AvgIpc) is 2.23. The molecule has 1 aromatic carbocycles. The van der Waals surface area contributed by atoms with Crippen LogP contribution in [-0.4, -0.2) is 11.3 Å². The highest BCUT2D eigenvalue weighted by molar-refractivity contribution is 5.73. The lowest BCUT2D eigenvalue weighted by Gasteiger charge is -2.28. The molecule has 0 amide bonds. The van der Waals surface area contributed by atoms with Crippen LogP contribution in [0.15, 0.2) is 35.6 Å². The van der Waals surface area contributed by atoms with Crippen LogP contribution in [0.2, 0.25) is 0 Å². The summed E-state index contributed by atoms with van der Waals surface area (Å²) in [4.78, 5) is 0. The number of hydrogen-bond donors (Lipinski definition) is 1. The fraction of sp³-hybridized carbons (Fsp3) is 0. The number of hydrazine groups is 2. The molecule has 0 spiro atoms. The second-order valence-electron chi connectivity index (χ2n) is 2.87. The Kier molecular flexibility index (Phi) is 2.34. The van der Waals surface area contributed by atoms with Crippen LogP contribution in [0.25, 0.3) is 0 Å². The van der Waals surface area contributed by atoms with E-state index in [0.29, 0.717) is 0 Å². The SMILES string of the molecule is NN1C=CC=NN1c1cc(F)ccc1F. The van der Waals surface area contributed by atoms with Crippen LogP contribution < -0.4 is 11.0 Å². The highest BCUT2D eigenvalue weighted by Crippen LogP contribution is 2.22. The van der Waals surface area contributed by atoms with Gasteiger partial charge < -0.3 is 0 Å². The van der Waals surface area contributed by atoms with E-state index in [1.54, 1.807) is 6.08 Å². The molecule has 0 aromatic heterocycles. The van der Waals surface area contributed by atoms with Gasteiger partial charge in [-0.25, -0.2) is 19.7 Å². The molecule has 2 rings (SSSR count). The number of hydrogen-bond acceptors (Lipinski definition) is 4. The number of nitrogens with two attached hydrogens (primary N) is 1. The first kappa shape index (κ1) is 9.60. The molecule has 0 radical (unpaired) electrons. The maximum atomic E-state index is 13.3. The zero-order valence-corrected chi connectivity index (χ0v) is 7.64. The molecule has 0 atom stereocenters. The van der Waals surface area contributed by atoms with Gasteiger partial charge in [-0.2, -0.15) is 10.2 Å². The fourth-order valence-electron chi connectivity index (χ4n) is 1.18. The predicted octanol–water partition coefficient (Wildman–Crippen LogP) is 1.38. The molecule has 0 fully saturated rings. The summed E-state index contributed by atoms with van der Waals surface area (Å²) in [6, 6.07) is 3.07. The minimum Gasteiger partial charge on any atom is -0.227 e. The molecule has 0 aliphatic carbocycles. The molecule has 4 nitrogen and oxygen atoms in total. The van der Waals surface area contributed by atoms with E-state index in [1.165, 1.54) is 12.4 Å². The Bertz CT molecular complexity index is 430. The summed E-state index contributed by atoms with van der Waals surface area (Å²) in [5.41, 5.74) is -0.0434. The topological polar surface area (TPSA) is 44.9 Å². The molecule has 0 saturated carbocycles. The monoisotopic (exact) mass is 210 g/mol. The van der Waals surface area contributed by atoms with Crippen molar-refractivity contribution in [3.63, 3.8) is 0 Å². The molecular formula is C9H8F2N4. The number of anilines is 1. The Morgan fingerprint density at radius 1 is 1.27 bits per heavy atom. The van der Waals surface area contributed by atoms with Crippen LogP contribution in [0.4, 0.5) is 14.5 Å². The summed E-state index contributed by atoms with van der Waals surface area (Å²) >= 11 is 0. The lowest BCUT2D eigenvalue weighted by atomic mass is 10.3. The average molecular weight is 210 g/mol. The van der Waals surface area contributed by atoms with Gasteiger partial charge in [0.15, 0.2) is 5.82 Å². The number of rotatable bonds is 1. The minimum atomic E-state index is -0.598.